The van der Waals surface area contributed by atoms with Gasteiger partial charge in [-0.25, -0.2) is 4.39 Å². The summed E-state index contributed by atoms with van der Waals surface area (Å²) in [7, 11) is 0. The number of halogens is 1. The quantitative estimate of drug-likeness (QED) is 0.927. The molecule has 1 amide bonds. The Morgan fingerprint density at radius 1 is 1.40 bits per heavy atom. The molecule has 0 radical (unpaired) electrons. The van der Waals surface area contributed by atoms with Crippen molar-refractivity contribution in [1.82, 2.24) is 10.2 Å². The van der Waals surface area contributed by atoms with E-state index in [0.717, 1.165) is 0 Å². The van der Waals surface area contributed by atoms with Crippen LogP contribution in [0.3, 0.4) is 0 Å². The highest BCUT2D eigenvalue weighted by molar-refractivity contribution is 7.99. The smallest absolute Gasteiger partial charge is 0.241 e. The summed E-state index contributed by atoms with van der Waals surface area (Å²) in [5.41, 5.74) is 0.530. The minimum absolute atomic E-state index is 0.0281. The monoisotopic (exact) mass is 296 g/mol. The first-order chi connectivity index (χ1) is 9.35. The molecule has 5 heteroatoms. The van der Waals surface area contributed by atoms with E-state index in [1.807, 2.05) is 13.2 Å². The van der Waals surface area contributed by atoms with E-state index in [2.05, 4.69) is 19.2 Å². The topological polar surface area (TPSA) is 32.3 Å². The largest absolute Gasteiger partial charge is 0.320 e. The van der Waals surface area contributed by atoms with Crippen molar-refractivity contribution in [3.05, 3.63) is 35.6 Å². The molecule has 110 valence electrons. The Kier molecular flexibility index (Phi) is 4.39. The Balaban J connectivity index is 2.31. The van der Waals surface area contributed by atoms with Gasteiger partial charge in [0.2, 0.25) is 5.91 Å². The Bertz CT molecular complexity index is 506. The average molecular weight is 296 g/mol. The standard InChI is InChI=1S/C15H21FN2OS/c1-10-14(19)18(9-15(2,3)20-4)13(17-10)11-7-5-6-8-12(11)16/h5-8,10,13,17H,9H2,1-4H3. The first-order valence-corrected chi connectivity index (χ1v) is 7.94. The molecular weight excluding hydrogens is 275 g/mol. The number of amides is 1. The van der Waals surface area contributed by atoms with Gasteiger partial charge in [0.05, 0.1) is 6.04 Å². The Morgan fingerprint density at radius 3 is 2.65 bits per heavy atom. The number of carbonyl (C=O) groups excluding carboxylic acids is 1. The molecule has 20 heavy (non-hydrogen) atoms. The highest BCUT2D eigenvalue weighted by atomic mass is 32.2. The van der Waals surface area contributed by atoms with E-state index in [1.54, 1.807) is 34.9 Å². The molecule has 1 aliphatic heterocycles. The molecule has 1 heterocycles. The fourth-order valence-electron chi connectivity index (χ4n) is 2.37. The third-order valence-electron chi connectivity index (χ3n) is 3.68. The van der Waals surface area contributed by atoms with Crippen LogP contribution in [0.5, 0.6) is 0 Å². The van der Waals surface area contributed by atoms with E-state index in [-0.39, 0.29) is 28.7 Å². The van der Waals surface area contributed by atoms with E-state index >= 15 is 0 Å². The predicted molar refractivity (Wildman–Crippen MR) is 81.0 cm³/mol. The fraction of sp³-hybridized carbons (Fsp3) is 0.533. The number of nitrogens with one attached hydrogen (secondary N) is 1. The van der Waals surface area contributed by atoms with Gasteiger partial charge in [0.25, 0.3) is 0 Å². The predicted octanol–water partition coefficient (Wildman–Crippen LogP) is 2.79. The summed E-state index contributed by atoms with van der Waals surface area (Å²) >= 11 is 1.70. The molecule has 0 aliphatic carbocycles. The Labute approximate surface area is 123 Å². The lowest BCUT2D eigenvalue weighted by Gasteiger charge is -2.32. The Hall–Kier alpha value is -1.07. The van der Waals surface area contributed by atoms with Crippen molar-refractivity contribution in [1.29, 1.82) is 0 Å². The van der Waals surface area contributed by atoms with Crippen LogP contribution in [0.4, 0.5) is 4.39 Å². The number of nitrogens with zero attached hydrogens (tertiary/aromatic N) is 1. The van der Waals surface area contributed by atoms with Crippen LogP contribution < -0.4 is 5.32 Å². The van der Waals surface area contributed by atoms with Crippen LogP contribution in [0.15, 0.2) is 24.3 Å². The Morgan fingerprint density at radius 2 is 2.05 bits per heavy atom. The van der Waals surface area contributed by atoms with Gasteiger partial charge >= 0.3 is 0 Å². The number of hydrogen-bond donors (Lipinski definition) is 1. The lowest BCUT2D eigenvalue weighted by atomic mass is 10.1. The molecule has 1 aromatic rings. The van der Waals surface area contributed by atoms with Crippen molar-refractivity contribution in [2.75, 3.05) is 12.8 Å². The number of carbonyl (C=O) groups is 1. The van der Waals surface area contributed by atoms with Crippen molar-refractivity contribution in [2.24, 2.45) is 0 Å². The van der Waals surface area contributed by atoms with Gasteiger partial charge in [0.1, 0.15) is 12.0 Å². The zero-order chi connectivity index (χ0) is 14.9. The first-order valence-electron chi connectivity index (χ1n) is 6.72. The van der Waals surface area contributed by atoms with Crippen LogP contribution in [-0.2, 0) is 4.79 Å². The summed E-state index contributed by atoms with van der Waals surface area (Å²) in [6.45, 7) is 6.59. The molecule has 1 aromatic carbocycles. The average Bonchev–Trinajstić information content (AvgIpc) is 2.67. The highest BCUT2D eigenvalue weighted by Crippen LogP contribution is 2.31. The second-order valence-corrected chi connectivity index (χ2v) is 7.26. The lowest BCUT2D eigenvalue weighted by molar-refractivity contribution is -0.130. The van der Waals surface area contributed by atoms with Crippen molar-refractivity contribution < 1.29 is 9.18 Å². The van der Waals surface area contributed by atoms with Gasteiger partial charge in [-0.15, -0.1) is 0 Å². The minimum atomic E-state index is -0.384. The van der Waals surface area contributed by atoms with Gasteiger partial charge < -0.3 is 4.90 Å². The molecule has 2 unspecified atom stereocenters. The van der Waals surface area contributed by atoms with Crippen LogP contribution in [0, 0.1) is 5.82 Å². The van der Waals surface area contributed by atoms with Crippen LogP contribution in [-0.4, -0.2) is 34.4 Å². The molecule has 1 fully saturated rings. The number of rotatable bonds is 4. The maximum absolute atomic E-state index is 14.0. The van der Waals surface area contributed by atoms with Gasteiger partial charge in [-0.05, 0) is 33.1 Å². The number of hydrogen-bond acceptors (Lipinski definition) is 3. The summed E-state index contributed by atoms with van der Waals surface area (Å²) in [5, 5.41) is 3.18. The molecule has 1 saturated heterocycles. The van der Waals surface area contributed by atoms with Crippen LogP contribution in [0.25, 0.3) is 0 Å². The van der Waals surface area contributed by atoms with Crippen molar-refractivity contribution in [2.45, 2.75) is 37.7 Å². The fourth-order valence-corrected chi connectivity index (χ4v) is 2.64. The molecule has 2 atom stereocenters. The van der Waals surface area contributed by atoms with E-state index in [1.165, 1.54) is 6.07 Å². The third kappa shape index (κ3) is 2.99. The summed E-state index contributed by atoms with van der Waals surface area (Å²) in [4.78, 5) is 14.1. The number of benzene rings is 1. The van der Waals surface area contributed by atoms with Crippen LogP contribution in [0.2, 0.25) is 0 Å². The van der Waals surface area contributed by atoms with E-state index in [4.69, 9.17) is 0 Å². The number of thioether (sulfide) groups is 1. The molecule has 3 nitrogen and oxygen atoms in total. The minimum Gasteiger partial charge on any atom is -0.320 e. The first kappa shape index (κ1) is 15.3. The summed E-state index contributed by atoms with van der Waals surface area (Å²) in [6, 6.07) is 6.35. The highest BCUT2D eigenvalue weighted by Gasteiger charge is 2.40. The zero-order valence-corrected chi connectivity index (χ0v) is 13.1. The molecular formula is C15H21FN2OS. The molecule has 1 aliphatic rings. The summed E-state index contributed by atoms with van der Waals surface area (Å²) in [6.07, 6.45) is 1.64. The van der Waals surface area contributed by atoms with Gasteiger partial charge in [-0.3, -0.25) is 10.1 Å². The second-order valence-electron chi connectivity index (χ2n) is 5.74. The maximum atomic E-state index is 14.0. The maximum Gasteiger partial charge on any atom is 0.241 e. The van der Waals surface area contributed by atoms with Gasteiger partial charge in [0, 0.05) is 16.9 Å². The molecule has 0 saturated carbocycles. The second kappa shape index (κ2) is 5.74. The third-order valence-corrected chi connectivity index (χ3v) is 4.91. The zero-order valence-electron chi connectivity index (χ0n) is 12.3. The molecule has 0 aromatic heterocycles. The van der Waals surface area contributed by atoms with Gasteiger partial charge in [0.15, 0.2) is 0 Å². The summed E-state index contributed by atoms with van der Waals surface area (Å²) < 4.78 is 13.9. The molecule has 2 rings (SSSR count). The molecule has 1 N–H and O–H groups in total. The van der Waals surface area contributed by atoms with Crippen LogP contribution >= 0.6 is 11.8 Å². The van der Waals surface area contributed by atoms with E-state index < -0.39 is 0 Å². The summed E-state index contributed by atoms with van der Waals surface area (Å²) in [5.74, 6) is -0.251. The van der Waals surface area contributed by atoms with Crippen molar-refractivity contribution in [3.8, 4) is 0 Å². The van der Waals surface area contributed by atoms with Crippen molar-refractivity contribution in [3.63, 3.8) is 0 Å². The SMILES string of the molecule is CSC(C)(C)CN1C(=O)C(C)NC1c1ccccc1F. The molecule has 0 spiro atoms. The van der Waals surface area contributed by atoms with E-state index in [0.29, 0.717) is 12.1 Å². The van der Waals surface area contributed by atoms with Crippen molar-refractivity contribution >= 4 is 17.7 Å². The van der Waals surface area contributed by atoms with E-state index in [9.17, 15) is 9.18 Å². The molecule has 0 bridgehead atoms. The van der Waals surface area contributed by atoms with Gasteiger partial charge in [-0.2, -0.15) is 11.8 Å². The lowest BCUT2D eigenvalue weighted by Crippen LogP contribution is -2.40. The normalized spacial score (nSPS) is 23.4. The van der Waals surface area contributed by atoms with Gasteiger partial charge in [-0.1, -0.05) is 18.2 Å². The van der Waals surface area contributed by atoms with Crippen LogP contribution in [0.1, 0.15) is 32.5 Å².